The lowest BCUT2D eigenvalue weighted by Crippen LogP contribution is -2.25. The summed E-state index contributed by atoms with van der Waals surface area (Å²) in [5.41, 5.74) is 8.12. The number of anilines is 1. The van der Waals surface area contributed by atoms with Gasteiger partial charge < -0.3 is 10.1 Å². The number of nitrogens with one attached hydrogen (secondary N) is 2. The molecule has 2 N–H and O–H groups in total. The van der Waals surface area contributed by atoms with Crippen molar-refractivity contribution in [1.82, 2.24) is 5.43 Å². The van der Waals surface area contributed by atoms with Crippen molar-refractivity contribution < 1.29 is 4.74 Å². The summed E-state index contributed by atoms with van der Waals surface area (Å²) in [6.45, 7) is 6.13. The van der Waals surface area contributed by atoms with E-state index in [9.17, 15) is 0 Å². The molecule has 0 aromatic heterocycles. The normalized spacial score (nSPS) is 11.0. The molecule has 0 atom stereocenters. The van der Waals surface area contributed by atoms with E-state index in [1.165, 1.54) is 11.1 Å². The molecule has 0 saturated heterocycles. The van der Waals surface area contributed by atoms with E-state index < -0.39 is 0 Å². The molecule has 23 heavy (non-hydrogen) atoms. The van der Waals surface area contributed by atoms with Gasteiger partial charge in [0.15, 0.2) is 5.11 Å². The average molecular weight is 327 g/mol. The van der Waals surface area contributed by atoms with E-state index in [4.69, 9.17) is 17.0 Å². The van der Waals surface area contributed by atoms with E-state index >= 15 is 0 Å². The molecule has 0 aliphatic heterocycles. The Morgan fingerprint density at radius 2 is 1.83 bits per heavy atom. The molecule has 0 saturated carbocycles. The summed E-state index contributed by atoms with van der Waals surface area (Å²) in [7, 11) is 1.62. The van der Waals surface area contributed by atoms with Crippen molar-refractivity contribution in [2.45, 2.75) is 20.8 Å². The van der Waals surface area contributed by atoms with Gasteiger partial charge >= 0.3 is 0 Å². The Bertz CT molecular complexity index is 741. The lowest BCUT2D eigenvalue weighted by molar-refractivity contribution is 0.417. The highest BCUT2D eigenvalue weighted by Gasteiger charge is 2.04. The first-order valence-corrected chi connectivity index (χ1v) is 7.74. The van der Waals surface area contributed by atoms with E-state index in [2.05, 4.69) is 47.9 Å². The van der Waals surface area contributed by atoms with Crippen LogP contribution in [0.4, 0.5) is 5.69 Å². The van der Waals surface area contributed by atoms with Crippen LogP contribution in [-0.2, 0) is 0 Å². The van der Waals surface area contributed by atoms with Crippen molar-refractivity contribution >= 4 is 28.7 Å². The van der Waals surface area contributed by atoms with Crippen molar-refractivity contribution in [1.29, 1.82) is 0 Å². The summed E-state index contributed by atoms with van der Waals surface area (Å²) in [6, 6.07) is 13.8. The van der Waals surface area contributed by atoms with Gasteiger partial charge in [-0.3, -0.25) is 5.43 Å². The molecule has 0 aliphatic carbocycles. The number of para-hydroxylation sites is 2. The zero-order valence-corrected chi connectivity index (χ0v) is 14.6. The first-order chi connectivity index (χ1) is 11.0. The van der Waals surface area contributed by atoms with Crippen LogP contribution in [0.3, 0.4) is 0 Å². The minimum Gasteiger partial charge on any atom is -0.495 e. The summed E-state index contributed by atoms with van der Waals surface area (Å²) in [5, 5.41) is 7.83. The van der Waals surface area contributed by atoms with E-state index in [0.717, 1.165) is 22.7 Å². The van der Waals surface area contributed by atoms with Crippen LogP contribution >= 0.6 is 12.2 Å². The largest absolute Gasteiger partial charge is 0.495 e. The maximum absolute atomic E-state index is 5.28. The molecule has 0 bridgehead atoms. The Kier molecular flexibility index (Phi) is 5.71. The van der Waals surface area contributed by atoms with Crippen LogP contribution in [0.15, 0.2) is 47.6 Å². The molecule has 0 amide bonds. The second-order valence-corrected chi connectivity index (χ2v) is 5.67. The maximum Gasteiger partial charge on any atom is 0.191 e. The van der Waals surface area contributed by atoms with Gasteiger partial charge in [0.1, 0.15) is 5.75 Å². The van der Waals surface area contributed by atoms with Crippen molar-refractivity contribution in [2.75, 3.05) is 12.4 Å². The summed E-state index contributed by atoms with van der Waals surface area (Å²) in [5.74, 6) is 0.728. The quantitative estimate of drug-likeness (QED) is 0.506. The van der Waals surface area contributed by atoms with Gasteiger partial charge in [0, 0.05) is 0 Å². The molecule has 0 spiro atoms. The fourth-order valence-corrected chi connectivity index (χ4v) is 2.22. The molecule has 2 rings (SSSR count). The highest BCUT2D eigenvalue weighted by atomic mass is 32.1. The number of rotatable bonds is 4. The smallest absolute Gasteiger partial charge is 0.191 e. The van der Waals surface area contributed by atoms with Crippen molar-refractivity contribution in [2.24, 2.45) is 5.10 Å². The molecule has 5 heteroatoms. The van der Waals surface area contributed by atoms with Gasteiger partial charge in [0.2, 0.25) is 0 Å². The Hall–Kier alpha value is -2.40. The van der Waals surface area contributed by atoms with E-state index in [-0.39, 0.29) is 0 Å². The molecule has 0 fully saturated rings. The fourth-order valence-electron chi connectivity index (χ4n) is 2.06. The minimum absolute atomic E-state index is 0.415. The number of hydrogen-bond donors (Lipinski definition) is 2. The first-order valence-electron chi connectivity index (χ1n) is 7.33. The van der Waals surface area contributed by atoms with Crippen molar-refractivity contribution in [3.63, 3.8) is 0 Å². The Morgan fingerprint density at radius 1 is 1.09 bits per heavy atom. The van der Waals surface area contributed by atoms with Crippen LogP contribution in [0, 0.1) is 13.8 Å². The second kappa shape index (κ2) is 7.74. The summed E-state index contributed by atoms with van der Waals surface area (Å²) in [6.07, 6.45) is 0. The Labute approximate surface area is 142 Å². The molecular formula is C18H21N3OS. The molecule has 0 radical (unpaired) electrons. The molecule has 2 aromatic carbocycles. The van der Waals surface area contributed by atoms with Gasteiger partial charge in [-0.15, -0.1) is 0 Å². The Balaban J connectivity index is 2.03. The summed E-state index contributed by atoms with van der Waals surface area (Å²) in [4.78, 5) is 0. The number of thiocarbonyl (C=S) groups is 1. The zero-order chi connectivity index (χ0) is 16.8. The van der Waals surface area contributed by atoms with Crippen molar-refractivity contribution in [3.05, 3.63) is 59.2 Å². The van der Waals surface area contributed by atoms with Gasteiger partial charge in [-0.05, 0) is 67.9 Å². The maximum atomic E-state index is 5.28. The highest BCUT2D eigenvalue weighted by molar-refractivity contribution is 7.80. The fraction of sp³-hybridized carbons (Fsp3) is 0.222. The number of hydrazone groups is 1. The molecule has 0 aliphatic rings. The van der Waals surface area contributed by atoms with Gasteiger partial charge in [-0.2, -0.15) is 5.10 Å². The van der Waals surface area contributed by atoms with Crippen molar-refractivity contribution in [3.8, 4) is 5.75 Å². The van der Waals surface area contributed by atoms with E-state index in [0.29, 0.717) is 5.11 Å². The van der Waals surface area contributed by atoms with Gasteiger partial charge in [0.05, 0.1) is 18.5 Å². The lowest BCUT2D eigenvalue weighted by atomic mass is 10.0. The molecular weight excluding hydrogens is 306 g/mol. The molecule has 0 unspecified atom stereocenters. The number of methoxy groups -OCH3 is 1. The predicted molar refractivity (Wildman–Crippen MR) is 100 cm³/mol. The number of hydrogen-bond acceptors (Lipinski definition) is 3. The standard InChI is InChI=1S/C18H21N3OS/c1-12-9-10-15(11-13(12)2)14(3)20-21-18(23)19-16-7-5-6-8-17(16)22-4/h5-11H,1-4H3,(H2,19,21,23)/b20-14+. The molecule has 120 valence electrons. The third kappa shape index (κ3) is 4.53. The van der Waals surface area contributed by atoms with Crippen LogP contribution in [0.5, 0.6) is 5.75 Å². The minimum atomic E-state index is 0.415. The number of ether oxygens (including phenoxy) is 1. The highest BCUT2D eigenvalue weighted by Crippen LogP contribution is 2.22. The third-order valence-corrected chi connectivity index (χ3v) is 3.80. The average Bonchev–Trinajstić information content (AvgIpc) is 2.55. The number of nitrogens with zero attached hydrogens (tertiary/aromatic N) is 1. The van der Waals surface area contributed by atoms with Gasteiger partial charge in [-0.25, -0.2) is 0 Å². The van der Waals surface area contributed by atoms with Crippen LogP contribution < -0.4 is 15.5 Å². The lowest BCUT2D eigenvalue weighted by Gasteiger charge is -2.11. The second-order valence-electron chi connectivity index (χ2n) is 5.26. The van der Waals surface area contributed by atoms with Gasteiger partial charge in [-0.1, -0.05) is 24.3 Å². The van der Waals surface area contributed by atoms with Crippen LogP contribution in [0.1, 0.15) is 23.6 Å². The first kappa shape index (κ1) is 17.0. The van der Waals surface area contributed by atoms with Crippen LogP contribution in [0.2, 0.25) is 0 Å². The third-order valence-electron chi connectivity index (χ3n) is 3.61. The number of aryl methyl sites for hydroxylation is 2. The molecule has 4 nitrogen and oxygen atoms in total. The predicted octanol–water partition coefficient (Wildman–Crippen LogP) is 4.02. The summed E-state index contributed by atoms with van der Waals surface area (Å²) >= 11 is 5.27. The monoisotopic (exact) mass is 327 g/mol. The van der Waals surface area contributed by atoms with Crippen LogP contribution in [-0.4, -0.2) is 17.9 Å². The Morgan fingerprint density at radius 3 is 2.52 bits per heavy atom. The van der Waals surface area contributed by atoms with Gasteiger partial charge in [0.25, 0.3) is 0 Å². The number of benzene rings is 2. The molecule has 2 aromatic rings. The van der Waals surface area contributed by atoms with E-state index in [1.54, 1.807) is 7.11 Å². The zero-order valence-electron chi connectivity index (χ0n) is 13.8. The SMILES string of the molecule is COc1ccccc1NC(=S)N/N=C(\C)c1ccc(C)c(C)c1. The summed E-state index contributed by atoms with van der Waals surface area (Å²) < 4.78 is 5.28. The van der Waals surface area contributed by atoms with E-state index in [1.807, 2.05) is 31.2 Å². The molecule has 0 heterocycles. The topological polar surface area (TPSA) is 45.6 Å². The van der Waals surface area contributed by atoms with Crippen LogP contribution in [0.25, 0.3) is 0 Å².